The van der Waals surface area contributed by atoms with Gasteiger partial charge in [-0.1, -0.05) is 19.9 Å². The predicted molar refractivity (Wildman–Crippen MR) is 75.0 cm³/mol. The molecule has 1 unspecified atom stereocenters. The van der Waals surface area contributed by atoms with Gasteiger partial charge in [0.05, 0.1) is 0 Å². The molecule has 112 valence electrons. The molecule has 0 bridgehead atoms. The summed E-state index contributed by atoms with van der Waals surface area (Å²) in [6.07, 6.45) is 1.11. The quantitative estimate of drug-likeness (QED) is 0.829. The molecule has 0 spiro atoms. The molecule has 0 radical (unpaired) electrons. The summed E-state index contributed by atoms with van der Waals surface area (Å²) in [6, 6.07) is 2.11. The summed E-state index contributed by atoms with van der Waals surface area (Å²) in [6.45, 7) is 8.17. The van der Waals surface area contributed by atoms with Crippen molar-refractivity contribution >= 4 is 0 Å². The Labute approximate surface area is 119 Å². The van der Waals surface area contributed by atoms with Crippen molar-refractivity contribution < 1.29 is 15.2 Å². The topological polar surface area (TPSA) is 76.0 Å². The van der Waals surface area contributed by atoms with E-state index in [0.29, 0.717) is 0 Å². The van der Waals surface area contributed by atoms with Crippen LogP contribution < -0.4 is 0 Å². The van der Waals surface area contributed by atoms with Gasteiger partial charge in [0.15, 0.2) is 0 Å². The van der Waals surface area contributed by atoms with Gasteiger partial charge in [0.1, 0.15) is 12.7 Å². The number of aryl methyl sites for hydroxylation is 1. The van der Waals surface area contributed by atoms with Crippen molar-refractivity contribution in [1.29, 1.82) is 0 Å². The lowest BCUT2D eigenvalue weighted by Crippen LogP contribution is -2.18. The van der Waals surface area contributed by atoms with Crippen molar-refractivity contribution in [3.05, 3.63) is 39.1 Å². The third-order valence-corrected chi connectivity index (χ3v) is 4.06. The van der Waals surface area contributed by atoms with E-state index in [2.05, 4.69) is 24.8 Å². The standard InChI is InChI=1S/C15H22NO4/c1-9-5-11-6-15(3,4)7-12(11)10(2)14(9)13(17)8-20-16(18)19/h5,13,17-18H,6-8H2,1-4H3/q-1. The molecule has 0 aliphatic heterocycles. The molecule has 1 aliphatic rings. The number of hydrogen-bond acceptors (Lipinski definition) is 5. The SMILES string of the molecule is Cc1cc2c(c(C)c1C(O)CON([O-])O)CC(C)(C)C2. The summed E-state index contributed by atoms with van der Waals surface area (Å²) < 4.78 is 0. The van der Waals surface area contributed by atoms with Crippen LogP contribution in [0.5, 0.6) is 0 Å². The van der Waals surface area contributed by atoms with Crippen molar-refractivity contribution in [1.82, 2.24) is 5.39 Å². The Morgan fingerprint density at radius 2 is 2.05 bits per heavy atom. The van der Waals surface area contributed by atoms with Gasteiger partial charge in [0.2, 0.25) is 0 Å². The highest BCUT2D eigenvalue weighted by Crippen LogP contribution is 2.40. The van der Waals surface area contributed by atoms with Crippen LogP contribution in [-0.2, 0) is 17.7 Å². The minimum Gasteiger partial charge on any atom is -0.738 e. The minimum atomic E-state index is -0.924. The van der Waals surface area contributed by atoms with Gasteiger partial charge in [-0.05, 0) is 59.9 Å². The Bertz CT molecular complexity index is 511. The monoisotopic (exact) mass is 280 g/mol. The molecule has 2 N–H and O–H groups in total. The van der Waals surface area contributed by atoms with Gasteiger partial charge in [-0.25, -0.2) is 0 Å². The molecule has 5 heteroatoms. The Morgan fingerprint density at radius 1 is 1.40 bits per heavy atom. The van der Waals surface area contributed by atoms with E-state index in [9.17, 15) is 10.3 Å². The molecule has 2 rings (SSSR count). The molecular formula is C15H22NO4-. The largest absolute Gasteiger partial charge is 0.738 e. The molecule has 0 heterocycles. The lowest BCUT2D eigenvalue weighted by Gasteiger charge is -2.23. The van der Waals surface area contributed by atoms with E-state index in [1.54, 1.807) is 0 Å². The van der Waals surface area contributed by atoms with Crippen molar-refractivity contribution in [2.75, 3.05) is 6.61 Å². The normalized spacial score (nSPS) is 18.4. The number of aliphatic hydroxyl groups excluding tert-OH is 1. The zero-order valence-corrected chi connectivity index (χ0v) is 12.4. The Kier molecular flexibility index (Phi) is 4.18. The Balaban J connectivity index is 2.32. The number of hydrogen-bond donors (Lipinski definition) is 2. The highest BCUT2D eigenvalue weighted by Gasteiger charge is 2.31. The minimum absolute atomic E-state index is 0.247. The maximum Gasteiger partial charge on any atom is 0.105 e. The van der Waals surface area contributed by atoms with Crippen LogP contribution in [0.25, 0.3) is 0 Å². The zero-order chi connectivity index (χ0) is 15.1. The summed E-state index contributed by atoms with van der Waals surface area (Å²) in [5.74, 6) is 0. The fourth-order valence-electron chi connectivity index (χ4n) is 3.32. The third-order valence-electron chi connectivity index (χ3n) is 4.06. The summed E-state index contributed by atoms with van der Waals surface area (Å²) in [5.41, 5.74) is 5.73. The summed E-state index contributed by atoms with van der Waals surface area (Å²) in [4.78, 5) is 4.41. The molecule has 0 saturated heterocycles. The number of rotatable bonds is 4. The fraction of sp³-hybridized carbons (Fsp3) is 0.600. The maximum absolute atomic E-state index is 10.4. The van der Waals surface area contributed by atoms with E-state index in [0.717, 1.165) is 29.5 Å². The van der Waals surface area contributed by atoms with Crippen LogP contribution in [0, 0.1) is 24.5 Å². The third kappa shape index (κ3) is 3.02. The van der Waals surface area contributed by atoms with Crippen LogP contribution in [0.2, 0.25) is 0 Å². The molecule has 1 aromatic carbocycles. The molecule has 20 heavy (non-hydrogen) atoms. The van der Waals surface area contributed by atoms with Crippen LogP contribution in [0.3, 0.4) is 0 Å². The van der Waals surface area contributed by atoms with Crippen LogP contribution in [-0.4, -0.2) is 22.3 Å². The average Bonchev–Trinajstić information content (AvgIpc) is 2.61. The van der Waals surface area contributed by atoms with Gasteiger partial charge in [-0.15, -0.1) is 5.39 Å². The van der Waals surface area contributed by atoms with Crippen molar-refractivity contribution in [3.8, 4) is 0 Å². The molecule has 5 nitrogen and oxygen atoms in total. The lowest BCUT2D eigenvalue weighted by molar-refractivity contribution is -0.313. The van der Waals surface area contributed by atoms with E-state index in [1.807, 2.05) is 13.8 Å². The Morgan fingerprint density at radius 3 is 2.65 bits per heavy atom. The van der Waals surface area contributed by atoms with Gasteiger partial charge < -0.3 is 15.5 Å². The molecule has 1 atom stereocenters. The first kappa shape index (κ1) is 15.4. The molecular weight excluding hydrogens is 258 g/mol. The average molecular weight is 280 g/mol. The zero-order valence-electron chi connectivity index (χ0n) is 12.4. The summed E-state index contributed by atoms with van der Waals surface area (Å²) >= 11 is 0. The Hall–Kier alpha value is -0.980. The second-order valence-electron chi connectivity index (χ2n) is 6.44. The second-order valence-corrected chi connectivity index (χ2v) is 6.44. The number of aliphatic hydroxyl groups is 1. The van der Waals surface area contributed by atoms with Gasteiger partial charge in [0, 0.05) is 0 Å². The lowest BCUT2D eigenvalue weighted by atomic mass is 9.89. The number of fused-ring (bicyclic) bond motifs is 1. The predicted octanol–water partition coefficient (Wildman–Crippen LogP) is 2.58. The van der Waals surface area contributed by atoms with E-state index >= 15 is 0 Å². The first-order valence-electron chi connectivity index (χ1n) is 6.80. The van der Waals surface area contributed by atoms with Crippen LogP contribution in [0.15, 0.2) is 6.07 Å². The fourth-order valence-corrected chi connectivity index (χ4v) is 3.32. The smallest absolute Gasteiger partial charge is 0.105 e. The van der Waals surface area contributed by atoms with Crippen molar-refractivity contribution in [3.63, 3.8) is 0 Å². The van der Waals surface area contributed by atoms with E-state index < -0.39 is 11.5 Å². The van der Waals surface area contributed by atoms with Crippen LogP contribution in [0.4, 0.5) is 0 Å². The number of nitrogens with zero attached hydrogens (tertiary/aromatic N) is 1. The van der Waals surface area contributed by atoms with Gasteiger partial charge in [-0.2, -0.15) is 0 Å². The highest BCUT2D eigenvalue weighted by molar-refractivity contribution is 5.49. The van der Waals surface area contributed by atoms with Gasteiger partial charge in [0.25, 0.3) is 0 Å². The first-order valence-corrected chi connectivity index (χ1v) is 6.80. The van der Waals surface area contributed by atoms with Crippen molar-refractivity contribution in [2.24, 2.45) is 5.41 Å². The summed E-state index contributed by atoms with van der Waals surface area (Å²) in [5, 5.41) is 28.4. The number of benzene rings is 1. The van der Waals surface area contributed by atoms with E-state index in [4.69, 9.17) is 5.21 Å². The van der Waals surface area contributed by atoms with Crippen molar-refractivity contribution in [2.45, 2.75) is 46.6 Å². The van der Waals surface area contributed by atoms with Gasteiger partial charge in [-0.3, -0.25) is 4.84 Å². The second kappa shape index (κ2) is 5.42. The first-order chi connectivity index (χ1) is 9.21. The molecule has 0 amide bonds. The maximum atomic E-state index is 10.4. The molecule has 1 aliphatic carbocycles. The molecule has 0 saturated carbocycles. The van der Waals surface area contributed by atoms with E-state index in [-0.39, 0.29) is 12.0 Å². The van der Waals surface area contributed by atoms with Crippen LogP contribution >= 0.6 is 0 Å². The summed E-state index contributed by atoms with van der Waals surface area (Å²) in [7, 11) is 0. The van der Waals surface area contributed by atoms with Crippen LogP contribution in [0.1, 0.15) is 47.8 Å². The molecule has 0 fully saturated rings. The highest BCUT2D eigenvalue weighted by atomic mass is 17.1. The van der Waals surface area contributed by atoms with E-state index in [1.165, 1.54) is 11.1 Å². The molecule has 1 aromatic rings. The molecule has 0 aromatic heterocycles. The van der Waals surface area contributed by atoms with Gasteiger partial charge >= 0.3 is 0 Å².